The Morgan fingerprint density at radius 1 is 1.44 bits per heavy atom. The molecule has 0 aliphatic carbocycles. The fraction of sp³-hybridized carbons (Fsp3) is 0.455. The van der Waals surface area contributed by atoms with Crippen molar-refractivity contribution >= 4 is 5.69 Å². The average molecular weight is 224 g/mol. The third-order valence-corrected chi connectivity index (χ3v) is 2.19. The number of hydrogen-bond acceptors (Lipinski definition) is 4. The lowest BCUT2D eigenvalue weighted by Crippen LogP contribution is -2.16. The molecule has 0 bridgehead atoms. The molecule has 0 aliphatic rings. The van der Waals surface area contributed by atoms with Gasteiger partial charge in [-0.3, -0.25) is 10.1 Å². The van der Waals surface area contributed by atoms with Crippen LogP contribution in [0, 0.1) is 24.0 Å². The summed E-state index contributed by atoms with van der Waals surface area (Å²) in [5.74, 6) is 0.367. The highest BCUT2D eigenvalue weighted by molar-refractivity contribution is 5.53. The second-order valence-corrected chi connectivity index (χ2v) is 3.64. The van der Waals surface area contributed by atoms with Crippen LogP contribution in [0.2, 0.25) is 0 Å². The molecule has 16 heavy (non-hydrogen) atoms. The molecule has 0 unspecified atom stereocenters. The van der Waals surface area contributed by atoms with Gasteiger partial charge in [0.2, 0.25) is 0 Å². The predicted molar refractivity (Wildman–Crippen MR) is 62.0 cm³/mol. The summed E-state index contributed by atoms with van der Waals surface area (Å²) in [6, 6.07) is 3.41. The second-order valence-electron chi connectivity index (χ2n) is 3.64. The average Bonchev–Trinajstić information content (AvgIpc) is 2.20. The molecule has 88 valence electrons. The van der Waals surface area contributed by atoms with Crippen molar-refractivity contribution in [3.63, 3.8) is 0 Å². The number of nitrogens with zero attached hydrogens (tertiary/aromatic N) is 1. The molecule has 0 saturated carbocycles. The quantitative estimate of drug-likeness (QED) is 0.470. The van der Waals surface area contributed by atoms with E-state index in [9.17, 15) is 10.1 Å². The minimum atomic E-state index is -0.408. The minimum absolute atomic E-state index is 0.0357. The molecule has 0 aliphatic heterocycles. The van der Waals surface area contributed by atoms with Crippen molar-refractivity contribution in [2.75, 3.05) is 20.2 Å². The number of likely N-dealkylation sites (N-methyl/N-ethyl adjacent to an activating group) is 1. The maximum atomic E-state index is 10.9. The molecule has 0 radical (unpaired) electrons. The first-order valence-corrected chi connectivity index (χ1v) is 5.09. The summed E-state index contributed by atoms with van der Waals surface area (Å²) < 4.78 is 5.42. The van der Waals surface area contributed by atoms with Crippen LogP contribution in [0.5, 0.6) is 5.75 Å². The summed E-state index contributed by atoms with van der Waals surface area (Å²) >= 11 is 0. The van der Waals surface area contributed by atoms with Crippen LogP contribution in [0.15, 0.2) is 12.1 Å². The van der Waals surface area contributed by atoms with Gasteiger partial charge >= 0.3 is 5.69 Å². The molecule has 1 rings (SSSR count). The van der Waals surface area contributed by atoms with Crippen LogP contribution < -0.4 is 10.1 Å². The van der Waals surface area contributed by atoms with E-state index in [1.54, 1.807) is 7.05 Å². The molecule has 5 nitrogen and oxygen atoms in total. The Bertz CT molecular complexity index is 391. The summed E-state index contributed by atoms with van der Waals surface area (Å²) in [5.41, 5.74) is 1.70. The summed E-state index contributed by atoms with van der Waals surface area (Å²) in [6.07, 6.45) is 0. The van der Waals surface area contributed by atoms with Crippen molar-refractivity contribution in [1.82, 2.24) is 5.32 Å². The van der Waals surface area contributed by atoms with Crippen molar-refractivity contribution in [2.24, 2.45) is 0 Å². The zero-order chi connectivity index (χ0) is 12.1. The van der Waals surface area contributed by atoms with E-state index in [1.807, 2.05) is 19.9 Å². The predicted octanol–water partition coefficient (Wildman–Crippen LogP) is 1.81. The van der Waals surface area contributed by atoms with Crippen LogP contribution in [0.4, 0.5) is 5.69 Å². The third kappa shape index (κ3) is 2.93. The van der Waals surface area contributed by atoms with E-state index < -0.39 is 4.92 Å². The van der Waals surface area contributed by atoms with Crippen molar-refractivity contribution in [3.8, 4) is 5.75 Å². The van der Waals surface area contributed by atoms with E-state index in [0.717, 1.165) is 11.1 Å². The molecule has 0 spiro atoms. The van der Waals surface area contributed by atoms with E-state index in [4.69, 9.17) is 4.74 Å². The van der Waals surface area contributed by atoms with Gasteiger partial charge in [0.1, 0.15) is 6.61 Å². The SMILES string of the molecule is CNCCOc1c(C)cc(C)cc1[N+](=O)[O-]. The van der Waals surface area contributed by atoms with Gasteiger partial charge in [-0.05, 0) is 32.0 Å². The molecular formula is C11H16N2O3. The molecular weight excluding hydrogens is 208 g/mol. The lowest BCUT2D eigenvalue weighted by atomic mass is 10.1. The van der Waals surface area contributed by atoms with E-state index >= 15 is 0 Å². The molecule has 1 N–H and O–H groups in total. The number of nitro benzene ring substituents is 1. The molecule has 0 amide bonds. The van der Waals surface area contributed by atoms with Crippen LogP contribution in [0.3, 0.4) is 0 Å². The molecule has 1 aromatic carbocycles. The first kappa shape index (κ1) is 12.4. The number of nitro groups is 1. The second kappa shape index (κ2) is 5.46. The largest absolute Gasteiger partial charge is 0.485 e. The van der Waals surface area contributed by atoms with Crippen molar-refractivity contribution in [3.05, 3.63) is 33.4 Å². The Labute approximate surface area is 94.6 Å². The number of rotatable bonds is 5. The van der Waals surface area contributed by atoms with Gasteiger partial charge in [-0.2, -0.15) is 0 Å². The number of aryl methyl sites for hydroxylation is 2. The fourth-order valence-electron chi connectivity index (χ4n) is 1.51. The first-order valence-electron chi connectivity index (χ1n) is 5.09. The highest BCUT2D eigenvalue weighted by Gasteiger charge is 2.18. The Balaban J connectivity index is 2.99. The molecule has 0 saturated heterocycles. The maximum absolute atomic E-state index is 10.9. The van der Waals surface area contributed by atoms with Crippen LogP contribution in [0.25, 0.3) is 0 Å². The highest BCUT2D eigenvalue weighted by Crippen LogP contribution is 2.31. The van der Waals surface area contributed by atoms with Gasteiger partial charge in [0, 0.05) is 12.6 Å². The lowest BCUT2D eigenvalue weighted by molar-refractivity contribution is -0.386. The zero-order valence-electron chi connectivity index (χ0n) is 9.74. The monoisotopic (exact) mass is 224 g/mol. The normalized spacial score (nSPS) is 10.2. The van der Waals surface area contributed by atoms with E-state index in [-0.39, 0.29) is 5.69 Å². The van der Waals surface area contributed by atoms with Gasteiger partial charge < -0.3 is 10.1 Å². The zero-order valence-corrected chi connectivity index (χ0v) is 9.74. The van der Waals surface area contributed by atoms with E-state index in [1.165, 1.54) is 6.07 Å². The first-order chi connectivity index (χ1) is 7.56. The van der Waals surface area contributed by atoms with Crippen LogP contribution in [-0.2, 0) is 0 Å². The summed E-state index contributed by atoms with van der Waals surface area (Å²) in [7, 11) is 1.81. The Morgan fingerprint density at radius 2 is 2.12 bits per heavy atom. The molecule has 5 heteroatoms. The number of benzene rings is 1. The summed E-state index contributed by atoms with van der Waals surface area (Å²) in [5, 5.41) is 13.8. The Morgan fingerprint density at radius 3 is 2.69 bits per heavy atom. The van der Waals surface area contributed by atoms with E-state index in [2.05, 4.69) is 5.32 Å². The van der Waals surface area contributed by atoms with Gasteiger partial charge in [0.05, 0.1) is 4.92 Å². The standard InChI is InChI=1S/C11H16N2O3/c1-8-6-9(2)11(16-5-4-12-3)10(7-8)13(14)15/h6-7,12H,4-5H2,1-3H3. The molecule has 1 aromatic rings. The van der Waals surface area contributed by atoms with Gasteiger partial charge in [0.25, 0.3) is 0 Å². The van der Waals surface area contributed by atoms with Gasteiger partial charge in [-0.1, -0.05) is 6.07 Å². The van der Waals surface area contributed by atoms with Gasteiger partial charge in [0.15, 0.2) is 5.75 Å². The number of nitrogens with one attached hydrogen (secondary N) is 1. The van der Waals surface area contributed by atoms with Crippen molar-refractivity contribution in [1.29, 1.82) is 0 Å². The molecule has 0 atom stereocenters. The van der Waals surface area contributed by atoms with Crippen LogP contribution in [-0.4, -0.2) is 25.1 Å². The topological polar surface area (TPSA) is 64.4 Å². The van der Waals surface area contributed by atoms with Crippen LogP contribution >= 0.6 is 0 Å². The van der Waals surface area contributed by atoms with Gasteiger partial charge in [-0.25, -0.2) is 0 Å². The van der Waals surface area contributed by atoms with Crippen molar-refractivity contribution < 1.29 is 9.66 Å². The number of hydrogen-bond donors (Lipinski definition) is 1. The molecule has 0 aromatic heterocycles. The molecule has 0 fully saturated rings. The summed E-state index contributed by atoms with van der Waals surface area (Å²) in [6.45, 7) is 4.72. The summed E-state index contributed by atoms with van der Waals surface area (Å²) in [4.78, 5) is 10.5. The minimum Gasteiger partial charge on any atom is -0.485 e. The number of ether oxygens (including phenoxy) is 1. The Hall–Kier alpha value is -1.62. The van der Waals surface area contributed by atoms with E-state index in [0.29, 0.717) is 18.9 Å². The lowest BCUT2D eigenvalue weighted by Gasteiger charge is -2.10. The maximum Gasteiger partial charge on any atom is 0.311 e. The van der Waals surface area contributed by atoms with Crippen LogP contribution in [0.1, 0.15) is 11.1 Å². The highest BCUT2D eigenvalue weighted by atomic mass is 16.6. The Kier molecular flexibility index (Phi) is 4.25. The smallest absolute Gasteiger partial charge is 0.311 e. The molecule has 0 heterocycles. The third-order valence-electron chi connectivity index (χ3n) is 2.19. The van der Waals surface area contributed by atoms with Gasteiger partial charge in [-0.15, -0.1) is 0 Å². The van der Waals surface area contributed by atoms with Crippen molar-refractivity contribution in [2.45, 2.75) is 13.8 Å². The fourth-order valence-corrected chi connectivity index (χ4v) is 1.51.